The highest BCUT2D eigenvalue weighted by Crippen LogP contribution is 2.36. The minimum Gasteiger partial charge on any atom is -0.480 e. The molecule has 2 N–H and O–H groups in total. The Kier molecular flexibility index (Phi) is 6.75. The van der Waals surface area contributed by atoms with Crippen LogP contribution in [0.4, 0.5) is 0 Å². The zero-order valence-electron chi connectivity index (χ0n) is 12.5. The second kappa shape index (κ2) is 8.21. The molecule has 2 rings (SSSR count). The van der Waals surface area contributed by atoms with Gasteiger partial charge in [-0.15, -0.1) is 0 Å². The molecular formula is C14H16Cl3NO5S. The summed E-state index contributed by atoms with van der Waals surface area (Å²) in [6.07, 6.45) is 2.25. The lowest BCUT2D eigenvalue weighted by molar-refractivity contribution is -0.143. The Labute approximate surface area is 154 Å². The summed E-state index contributed by atoms with van der Waals surface area (Å²) in [5.41, 5.74) is -1.41. The summed E-state index contributed by atoms with van der Waals surface area (Å²) in [4.78, 5) is 10.5. The highest BCUT2D eigenvalue weighted by atomic mass is 35.5. The maximum Gasteiger partial charge on any atom is 0.329 e. The number of hydrogen-bond acceptors (Lipinski definition) is 5. The number of ether oxygens (including phenoxy) is 1. The van der Waals surface area contributed by atoms with E-state index in [1.165, 1.54) is 12.1 Å². The fourth-order valence-electron chi connectivity index (χ4n) is 2.60. The number of aliphatic carboxylic acids is 1. The molecule has 1 aromatic rings. The largest absolute Gasteiger partial charge is 0.480 e. The molecule has 1 aliphatic heterocycles. The molecular weight excluding hydrogens is 401 g/mol. The van der Waals surface area contributed by atoms with Crippen molar-refractivity contribution >= 4 is 50.6 Å². The van der Waals surface area contributed by atoms with Crippen LogP contribution in [0.5, 0.6) is 0 Å². The fraction of sp³-hybridized carbons (Fsp3) is 0.500. The molecule has 2 unspecified atom stereocenters. The average Bonchev–Trinajstić information content (AvgIpc) is 2.46. The number of sulfone groups is 1. The first-order valence-corrected chi connectivity index (χ1v) is 9.86. The van der Waals surface area contributed by atoms with E-state index in [2.05, 4.69) is 5.32 Å². The predicted octanol–water partition coefficient (Wildman–Crippen LogP) is 2.99. The molecule has 0 aliphatic carbocycles. The number of benzene rings is 1. The molecule has 0 bridgehead atoms. The van der Waals surface area contributed by atoms with Crippen LogP contribution < -0.4 is 5.32 Å². The maximum atomic E-state index is 13.0. The third-order valence-electron chi connectivity index (χ3n) is 3.60. The van der Waals surface area contributed by atoms with Gasteiger partial charge in [-0.2, -0.15) is 0 Å². The van der Waals surface area contributed by atoms with E-state index < -0.39 is 33.9 Å². The van der Waals surface area contributed by atoms with E-state index >= 15 is 0 Å². The van der Waals surface area contributed by atoms with Crippen LogP contribution in [0.15, 0.2) is 17.0 Å². The molecule has 0 aromatic heterocycles. The Morgan fingerprint density at radius 2 is 1.92 bits per heavy atom. The average molecular weight is 417 g/mol. The molecule has 0 spiro atoms. The predicted molar refractivity (Wildman–Crippen MR) is 91.7 cm³/mol. The van der Waals surface area contributed by atoms with Crippen molar-refractivity contribution in [3.63, 3.8) is 0 Å². The lowest BCUT2D eigenvalue weighted by atomic mass is 10.1. The van der Waals surface area contributed by atoms with Gasteiger partial charge in [-0.05, 0) is 31.5 Å². The lowest BCUT2D eigenvalue weighted by Crippen LogP contribution is -2.48. The number of carboxylic acids is 1. The first-order chi connectivity index (χ1) is 11.2. The quantitative estimate of drug-likeness (QED) is 0.740. The minimum atomic E-state index is -4.15. The first-order valence-electron chi connectivity index (χ1n) is 7.18. The Balaban J connectivity index is 2.44. The van der Waals surface area contributed by atoms with E-state index in [0.717, 1.165) is 12.8 Å². The number of piperidine rings is 1. The summed E-state index contributed by atoms with van der Waals surface area (Å²) in [7, 11) is -4.15. The van der Waals surface area contributed by atoms with E-state index in [4.69, 9.17) is 44.6 Å². The second-order valence-electron chi connectivity index (χ2n) is 5.37. The highest BCUT2D eigenvalue weighted by molar-refractivity contribution is 7.92. The smallest absolute Gasteiger partial charge is 0.329 e. The number of rotatable bonds is 6. The van der Waals surface area contributed by atoms with E-state index in [-0.39, 0.29) is 20.0 Å². The van der Waals surface area contributed by atoms with E-state index in [0.29, 0.717) is 13.0 Å². The molecule has 0 amide bonds. The Bertz CT molecular complexity index is 696. The van der Waals surface area contributed by atoms with E-state index in [1.54, 1.807) is 0 Å². The minimum absolute atomic E-state index is 0.132. The van der Waals surface area contributed by atoms with Crippen LogP contribution in [-0.2, 0) is 19.4 Å². The van der Waals surface area contributed by atoms with Crippen molar-refractivity contribution in [2.75, 3.05) is 13.2 Å². The van der Waals surface area contributed by atoms with Gasteiger partial charge in [-0.1, -0.05) is 41.2 Å². The molecule has 1 fully saturated rings. The van der Waals surface area contributed by atoms with Crippen LogP contribution in [0.2, 0.25) is 15.1 Å². The zero-order valence-corrected chi connectivity index (χ0v) is 15.6. The summed E-state index contributed by atoms with van der Waals surface area (Å²) >= 11 is 17.9. The number of carbonyl (C=O) groups is 1. The molecule has 0 saturated carbocycles. The maximum absolute atomic E-state index is 13.0. The van der Waals surface area contributed by atoms with Crippen LogP contribution in [0.1, 0.15) is 19.3 Å². The number of nitrogens with one attached hydrogen (secondary N) is 1. The van der Waals surface area contributed by atoms with Gasteiger partial charge in [0.15, 0.2) is 5.44 Å². The van der Waals surface area contributed by atoms with E-state index in [9.17, 15) is 13.2 Å². The molecule has 134 valence electrons. The molecule has 2 atom stereocenters. The number of hydrogen-bond donors (Lipinski definition) is 2. The van der Waals surface area contributed by atoms with Gasteiger partial charge in [-0.25, -0.2) is 13.2 Å². The molecule has 1 aromatic carbocycles. The van der Waals surface area contributed by atoms with Crippen molar-refractivity contribution in [1.82, 2.24) is 5.32 Å². The van der Waals surface area contributed by atoms with Gasteiger partial charge in [0.2, 0.25) is 9.84 Å². The van der Waals surface area contributed by atoms with Gasteiger partial charge in [0, 0.05) is 11.1 Å². The molecule has 1 aliphatic rings. The summed E-state index contributed by atoms with van der Waals surface area (Å²) in [6, 6.07) is 1.99. The van der Waals surface area contributed by atoms with Gasteiger partial charge in [0.1, 0.15) is 11.5 Å². The monoisotopic (exact) mass is 415 g/mol. The molecule has 24 heavy (non-hydrogen) atoms. The highest BCUT2D eigenvalue weighted by Gasteiger charge is 2.39. The topological polar surface area (TPSA) is 92.7 Å². The first kappa shape index (κ1) is 19.8. The van der Waals surface area contributed by atoms with Gasteiger partial charge >= 0.3 is 5.97 Å². The SMILES string of the molecule is O=C(O)COC(C1CCCCN1)S(=O)(=O)c1c(Cl)cc(Cl)cc1Cl. The van der Waals surface area contributed by atoms with Crippen LogP contribution in [-0.4, -0.2) is 44.1 Å². The summed E-state index contributed by atoms with van der Waals surface area (Å²) in [5, 5.41) is 11.8. The van der Waals surface area contributed by atoms with Gasteiger partial charge in [-0.3, -0.25) is 0 Å². The fourth-order valence-corrected chi connectivity index (χ4v) is 5.87. The van der Waals surface area contributed by atoms with Crippen molar-refractivity contribution in [3.05, 3.63) is 27.2 Å². The van der Waals surface area contributed by atoms with Crippen LogP contribution in [0, 0.1) is 0 Å². The van der Waals surface area contributed by atoms with E-state index in [1.807, 2.05) is 0 Å². The van der Waals surface area contributed by atoms with Gasteiger partial charge in [0.05, 0.1) is 10.0 Å². The summed E-state index contributed by atoms with van der Waals surface area (Å²) < 4.78 is 31.3. The van der Waals surface area contributed by atoms with Crippen molar-refractivity contribution in [2.24, 2.45) is 0 Å². The molecule has 1 heterocycles. The molecule has 1 saturated heterocycles. The Morgan fingerprint density at radius 3 is 2.42 bits per heavy atom. The lowest BCUT2D eigenvalue weighted by Gasteiger charge is -2.31. The van der Waals surface area contributed by atoms with Gasteiger partial charge < -0.3 is 15.2 Å². The number of carboxylic acid groups (broad SMARTS) is 1. The third-order valence-corrected chi connectivity index (χ3v) is 6.73. The van der Waals surface area contributed by atoms with Crippen LogP contribution >= 0.6 is 34.8 Å². The zero-order chi connectivity index (χ0) is 17.9. The molecule has 10 heteroatoms. The second-order valence-corrected chi connectivity index (χ2v) is 8.59. The standard InChI is InChI=1S/C14H16Cl3NO5S/c15-8-5-9(16)13(10(17)6-8)24(21,22)14(23-7-12(19)20)11-3-1-2-4-18-11/h5-6,11,14,18H,1-4,7H2,(H,19,20). The normalized spacial score (nSPS) is 19.9. The van der Waals surface area contributed by atoms with Crippen LogP contribution in [0.3, 0.4) is 0 Å². The Hall–Kier alpha value is -0.570. The summed E-state index contributed by atoms with van der Waals surface area (Å²) in [5.74, 6) is -1.26. The summed E-state index contributed by atoms with van der Waals surface area (Å²) in [6.45, 7) is -0.125. The van der Waals surface area contributed by atoms with Crippen molar-refractivity contribution in [1.29, 1.82) is 0 Å². The van der Waals surface area contributed by atoms with Crippen molar-refractivity contribution in [2.45, 2.75) is 35.6 Å². The van der Waals surface area contributed by atoms with Crippen molar-refractivity contribution < 1.29 is 23.1 Å². The Morgan fingerprint density at radius 1 is 1.29 bits per heavy atom. The number of halogens is 3. The molecule has 0 radical (unpaired) electrons. The molecule has 6 nitrogen and oxygen atoms in total. The third kappa shape index (κ3) is 4.53. The van der Waals surface area contributed by atoms with Crippen molar-refractivity contribution in [3.8, 4) is 0 Å². The van der Waals surface area contributed by atoms with Crippen LogP contribution in [0.25, 0.3) is 0 Å². The van der Waals surface area contributed by atoms with Gasteiger partial charge in [0.25, 0.3) is 0 Å².